The number of thioether (sulfide) groups is 1. The van der Waals surface area contributed by atoms with Gasteiger partial charge in [0.15, 0.2) is 0 Å². The van der Waals surface area contributed by atoms with Gasteiger partial charge in [0.25, 0.3) is 0 Å². The summed E-state index contributed by atoms with van der Waals surface area (Å²) in [6.07, 6.45) is 13.8. The van der Waals surface area contributed by atoms with Crippen LogP contribution in [-0.2, 0) is 0 Å². The lowest BCUT2D eigenvalue weighted by Crippen LogP contribution is -2.40. The van der Waals surface area contributed by atoms with Crippen molar-refractivity contribution in [2.24, 2.45) is 5.92 Å². The Balaban J connectivity index is 1.61. The Hall–Kier alpha value is 0.310. The van der Waals surface area contributed by atoms with Crippen molar-refractivity contribution in [2.75, 3.05) is 6.26 Å². The minimum Gasteiger partial charge on any atom is -0.311 e. The number of nitrogens with one attached hydrogen (secondary N) is 1. The predicted octanol–water partition coefficient (Wildman–Crippen LogP) is 3.83. The molecule has 0 aromatic heterocycles. The first-order valence-electron chi connectivity index (χ1n) is 7.06. The van der Waals surface area contributed by atoms with Gasteiger partial charge in [-0.05, 0) is 51.2 Å². The zero-order valence-electron chi connectivity index (χ0n) is 10.9. The van der Waals surface area contributed by atoms with Crippen molar-refractivity contribution in [3.63, 3.8) is 0 Å². The van der Waals surface area contributed by atoms with Crippen molar-refractivity contribution in [2.45, 2.75) is 75.6 Å². The van der Waals surface area contributed by atoms with Crippen LogP contribution in [0.25, 0.3) is 0 Å². The van der Waals surface area contributed by atoms with Crippen LogP contribution < -0.4 is 5.32 Å². The van der Waals surface area contributed by atoms with Gasteiger partial charge in [-0.2, -0.15) is 11.8 Å². The topological polar surface area (TPSA) is 12.0 Å². The lowest BCUT2D eigenvalue weighted by molar-refractivity contribution is 0.246. The fraction of sp³-hybridized carbons (Fsp3) is 1.00. The highest BCUT2D eigenvalue weighted by Gasteiger charge is 2.24. The van der Waals surface area contributed by atoms with Crippen molar-refractivity contribution in [3.8, 4) is 0 Å². The molecule has 0 radical (unpaired) electrons. The SMILES string of the molecule is CSC1CCC(NC(C)CC2CCC2)CC1. The van der Waals surface area contributed by atoms with Gasteiger partial charge in [0.1, 0.15) is 0 Å². The summed E-state index contributed by atoms with van der Waals surface area (Å²) in [6.45, 7) is 2.39. The Morgan fingerprint density at radius 1 is 1.12 bits per heavy atom. The summed E-state index contributed by atoms with van der Waals surface area (Å²) in [5.74, 6) is 1.05. The number of rotatable bonds is 5. The maximum Gasteiger partial charge on any atom is 0.00703 e. The van der Waals surface area contributed by atoms with E-state index >= 15 is 0 Å². The summed E-state index contributed by atoms with van der Waals surface area (Å²) in [7, 11) is 0. The molecule has 0 saturated heterocycles. The van der Waals surface area contributed by atoms with Crippen LogP contribution in [0.4, 0.5) is 0 Å². The van der Waals surface area contributed by atoms with Gasteiger partial charge in [-0.15, -0.1) is 0 Å². The Kier molecular flexibility index (Phi) is 5.02. The standard InChI is InChI=1S/C14H27NS/c1-11(10-12-4-3-5-12)15-13-6-8-14(16-2)9-7-13/h11-15H,3-10H2,1-2H3. The Labute approximate surface area is 105 Å². The van der Waals surface area contributed by atoms with Crippen molar-refractivity contribution in [1.82, 2.24) is 5.32 Å². The Morgan fingerprint density at radius 3 is 2.31 bits per heavy atom. The van der Waals surface area contributed by atoms with E-state index in [0.29, 0.717) is 0 Å². The fourth-order valence-corrected chi connectivity index (χ4v) is 3.91. The molecule has 0 aromatic rings. The first-order valence-corrected chi connectivity index (χ1v) is 8.35. The van der Waals surface area contributed by atoms with E-state index in [2.05, 4.69) is 30.3 Å². The molecule has 2 heteroatoms. The van der Waals surface area contributed by atoms with E-state index in [4.69, 9.17) is 0 Å². The van der Waals surface area contributed by atoms with Crippen LogP contribution in [0.15, 0.2) is 0 Å². The second kappa shape index (κ2) is 6.30. The minimum atomic E-state index is 0.751. The minimum absolute atomic E-state index is 0.751. The number of hydrogen-bond donors (Lipinski definition) is 1. The highest BCUT2D eigenvalue weighted by molar-refractivity contribution is 7.99. The van der Waals surface area contributed by atoms with Gasteiger partial charge in [-0.25, -0.2) is 0 Å². The summed E-state index contributed by atoms with van der Waals surface area (Å²) in [6, 6.07) is 1.57. The van der Waals surface area contributed by atoms with Crippen LogP contribution in [0.5, 0.6) is 0 Å². The molecule has 1 N–H and O–H groups in total. The van der Waals surface area contributed by atoms with E-state index in [0.717, 1.165) is 23.3 Å². The van der Waals surface area contributed by atoms with Gasteiger partial charge in [0.05, 0.1) is 0 Å². The van der Waals surface area contributed by atoms with E-state index in [1.807, 2.05) is 0 Å². The quantitative estimate of drug-likeness (QED) is 0.785. The highest BCUT2D eigenvalue weighted by atomic mass is 32.2. The van der Waals surface area contributed by atoms with Gasteiger partial charge in [0, 0.05) is 17.3 Å². The fourth-order valence-electron chi connectivity index (χ4n) is 3.16. The molecule has 1 nitrogen and oxygen atoms in total. The van der Waals surface area contributed by atoms with Crippen LogP contribution in [-0.4, -0.2) is 23.6 Å². The van der Waals surface area contributed by atoms with Gasteiger partial charge < -0.3 is 5.32 Å². The van der Waals surface area contributed by atoms with Crippen LogP contribution in [0.3, 0.4) is 0 Å². The molecule has 16 heavy (non-hydrogen) atoms. The average Bonchev–Trinajstić information content (AvgIpc) is 2.25. The maximum atomic E-state index is 3.85. The lowest BCUT2D eigenvalue weighted by atomic mass is 9.81. The molecule has 2 aliphatic carbocycles. The molecule has 94 valence electrons. The summed E-state index contributed by atoms with van der Waals surface area (Å²) in [5.41, 5.74) is 0. The zero-order valence-corrected chi connectivity index (χ0v) is 11.7. The highest BCUT2D eigenvalue weighted by Crippen LogP contribution is 2.31. The van der Waals surface area contributed by atoms with Crippen LogP contribution in [0.2, 0.25) is 0 Å². The molecule has 0 spiro atoms. The molecule has 2 saturated carbocycles. The van der Waals surface area contributed by atoms with Crippen molar-refractivity contribution >= 4 is 11.8 Å². The molecular weight excluding hydrogens is 214 g/mol. The van der Waals surface area contributed by atoms with Crippen LogP contribution >= 0.6 is 11.8 Å². The monoisotopic (exact) mass is 241 g/mol. The predicted molar refractivity (Wildman–Crippen MR) is 74.1 cm³/mol. The third-order valence-corrected chi connectivity index (χ3v) is 5.58. The molecule has 2 fully saturated rings. The zero-order chi connectivity index (χ0) is 11.4. The molecule has 1 unspecified atom stereocenters. The first-order chi connectivity index (χ1) is 7.78. The van der Waals surface area contributed by atoms with Gasteiger partial charge in [-0.1, -0.05) is 19.3 Å². The van der Waals surface area contributed by atoms with Crippen molar-refractivity contribution in [3.05, 3.63) is 0 Å². The van der Waals surface area contributed by atoms with Crippen molar-refractivity contribution in [1.29, 1.82) is 0 Å². The largest absolute Gasteiger partial charge is 0.311 e. The molecule has 1 atom stereocenters. The molecule has 0 heterocycles. The van der Waals surface area contributed by atoms with E-state index in [1.54, 1.807) is 0 Å². The third kappa shape index (κ3) is 3.66. The molecule has 0 aromatic carbocycles. The first kappa shape index (κ1) is 12.8. The van der Waals surface area contributed by atoms with Gasteiger partial charge in [-0.3, -0.25) is 0 Å². The van der Waals surface area contributed by atoms with E-state index in [-0.39, 0.29) is 0 Å². The molecule has 0 bridgehead atoms. The van der Waals surface area contributed by atoms with Crippen LogP contribution in [0.1, 0.15) is 58.3 Å². The smallest absolute Gasteiger partial charge is 0.00703 e. The van der Waals surface area contributed by atoms with Gasteiger partial charge in [0.2, 0.25) is 0 Å². The molecular formula is C14H27NS. The van der Waals surface area contributed by atoms with Crippen molar-refractivity contribution < 1.29 is 0 Å². The van der Waals surface area contributed by atoms with E-state index in [1.165, 1.54) is 51.4 Å². The Bertz CT molecular complexity index is 195. The summed E-state index contributed by atoms with van der Waals surface area (Å²) in [4.78, 5) is 0. The molecule has 2 aliphatic rings. The second-order valence-corrected chi connectivity index (χ2v) is 6.95. The Morgan fingerprint density at radius 2 is 1.81 bits per heavy atom. The molecule has 0 amide bonds. The lowest BCUT2D eigenvalue weighted by Gasteiger charge is -2.33. The number of hydrogen-bond acceptors (Lipinski definition) is 2. The molecule has 2 rings (SSSR count). The molecule has 0 aliphatic heterocycles. The normalized spacial score (nSPS) is 33.4. The third-order valence-electron chi connectivity index (χ3n) is 4.44. The van der Waals surface area contributed by atoms with Crippen LogP contribution in [0, 0.1) is 5.92 Å². The second-order valence-electron chi connectivity index (χ2n) is 5.81. The summed E-state index contributed by atoms with van der Waals surface area (Å²) < 4.78 is 0. The maximum absolute atomic E-state index is 3.85. The van der Waals surface area contributed by atoms with Gasteiger partial charge >= 0.3 is 0 Å². The summed E-state index contributed by atoms with van der Waals surface area (Å²) >= 11 is 2.06. The average molecular weight is 241 g/mol. The summed E-state index contributed by atoms with van der Waals surface area (Å²) in [5, 5.41) is 4.80. The van der Waals surface area contributed by atoms with E-state index in [9.17, 15) is 0 Å². The van der Waals surface area contributed by atoms with E-state index < -0.39 is 0 Å².